The molecule has 10 heteroatoms. The minimum absolute atomic E-state index is 0.0769. The van der Waals surface area contributed by atoms with Gasteiger partial charge in [0.15, 0.2) is 34.5 Å². The van der Waals surface area contributed by atoms with Crippen LogP contribution >= 0.6 is 34.8 Å². The zero-order chi connectivity index (χ0) is 24.6. The van der Waals surface area contributed by atoms with Gasteiger partial charge < -0.3 is 29.5 Å². The minimum atomic E-state index is -0.697. The van der Waals surface area contributed by atoms with E-state index in [0.717, 1.165) is 0 Å². The molecule has 0 saturated heterocycles. The Bertz CT molecular complexity index is 1440. The standard InChI is InChI=1S/C24H15Cl3O7/c1-11(28)32-22-16-8-12(25)2-5-15(16)21(31)23(33-19-6-3-13(26)9-17(19)29)24(22)34-20-7-4-14(27)10-18(20)30/h2-10,29-31H,1H3. The van der Waals surface area contributed by atoms with Crippen LogP contribution in [0.3, 0.4) is 0 Å². The SMILES string of the molecule is CC(=O)Oc1c(Oc2ccc(Cl)cc2O)c(Oc2ccc(Cl)cc2O)c(O)c2ccc(Cl)cc12. The second-order valence-corrected chi connectivity index (χ2v) is 8.36. The van der Waals surface area contributed by atoms with Gasteiger partial charge in [-0.15, -0.1) is 0 Å². The predicted molar refractivity (Wildman–Crippen MR) is 128 cm³/mol. The Kier molecular flexibility index (Phi) is 6.52. The molecule has 0 aliphatic heterocycles. The fourth-order valence-corrected chi connectivity index (χ4v) is 3.68. The summed E-state index contributed by atoms with van der Waals surface area (Å²) in [5, 5.41) is 32.9. The summed E-state index contributed by atoms with van der Waals surface area (Å²) in [7, 11) is 0. The van der Waals surface area contributed by atoms with Crippen LogP contribution in [0.15, 0.2) is 54.6 Å². The average molecular weight is 522 g/mol. The van der Waals surface area contributed by atoms with E-state index in [9.17, 15) is 20.1 Å². The first kappa shape index (κ1) is 23.6. The summed E-state index contributed by atoms with van der Waals surface area (Å²) in [6.45, 7) is 1.18. The summed E-state index contributed by atoms with van der Waals surface area (Å²) in [5.74, 6) is -2.62. The lowest BCUT2D eigenvalue weighted by atomic mass is 10.1. The molecule has 0 bridgehead atoms. The summed E-state index contributed by atoms with van der Waals surface area (Å²) in [6.07, 6.45) is 0. The van der Waals surface area contributed by atoms with Crippen molar-refractivity contribution in [2.75, 3.05) is 0 Å². The van der Waals surface area contributed by atoms with Crippen molar-refractivity contribution < 1.29 is 34.3 Å². The first-order chi connectivity index (χ1) is 16.1. The Balaban J connectivity index is 2.02. The van der Waals surface area contributed by atoms with Crippen molar-refractivity contribution in [1.29, 1.82) is 0 Å². The Labute approximate surface area is 208 Å². The normalized spacial score (nSPS) is 10.8. The van der Waals surface area contributed by atoms with Crippen molar-refractivity contribution >= 4 is 51.5 Å². The predicted octanol–water partition coefficient (Wildman–Crippen LogP) is 7.43. The molecular formula is C24H15Cl3O7. The first-order valence-electron chi connectivity index (χ1n) is 9.63. The van der Waals surface area contributed by atoms with E-state index in [1.165, 1.54) is 61.5 Å². The maximum absolute atomic E-state index is 12.0. The highest BCUT2D eigenvalue weighted by atomic mass is 35.5. The van der Waals surface area contributed by atoms with Gasteiger partial charge in [0.1, 0.15) is 0 Å². The van der Waals surface area contributed by atoms with Crippen LogP contribution in [0.25, 0.3) is 10.8 Å². The van der Waals surface area contributed by atoms with Crippen LogP contribution in [0.2, 0.25) is 15.1 Å². The number of phenols is 3. The smallest absolute Gasteiger partial charge is 0.308 e. The van der Waals surface area contributed by atoms with E-state index in [4.69, 9.17) is 49.0 Å². The third-order valence-corrected chi connectivity index (χ3v) is 5.33. The van der Waals surface area contributed by atoms with Gasteiger partial charge in [0.05, 0.1) is 0 Å². The Hall–Kier alpha value is -3.52. The quantitative estimate of drug-likeness (QED) is 0.185. The van der Waals surface area contributed by atoms with Gasteiger partial charge in [0.25, 0.3) is 0 Å². The van der Waals surface area contributed by atoms with Gasteiger partial charge in [0, 0.05) is 44.9 Å². The number of esters is 1. The fraction of sp³-hybridized carbons (Fsp3) is 0.0417. The summed E-state index contributed by atoms with van der Waals surface area (Å²) in [6, 6.07) is 12.6. The number of aromatic hydroxyl groups is 3. The zero-order valence-corrected chi connectivity index (χ0v) is 19.6. The van der Waals surface area contributed by atoms with Crippen molar-refractivity contribution in [2.24, 2.45) is 0 Å². The maximum atomic E-state index is 12.0. The summed E-state index contributed by atoms with van der Waals surface area (Å²) in [4.78, 5) is 12.0. The monoisotopic (exact) mass is 520 g/mol. The second kappa shape index (κ2) is 9.38. The van der Waals surface area contributed by atoms with E-state index in [1.54, 1.807) is 0 Å². The van der Waals surface area contributed by atoms with Crippen molar-refractivity contribution in [3.05, 3.63) is 69.7 Å². The number of phenolic OH excluding ortho intramolecular Hbond substituents is 3. The number of hydrogen-bond donors (Lipinski definition) is 3. The molecule has 0 radical (unpaired) electrons. The van der Waals surface area contributed by atoms with Gasteiger partial charge >= 0.3 is 5.97 Å². The first-order valence-corrected chi connectivity index (χ1v) is 10.8. The number of carbonyl (C=O) groups is 1. The summed E-state index contributed by atoms with van der Waals surface area (Å²) >= 11 is 17.9. The van der Waals surface area contributed by atoms with E-state index in [0.29, 0.717) is 5.02 Å². The number of fused-ring (bicyclic) bond motifs is 1. The number of benzene rings is 4. The molecule has 4 aromatic carbocycles. The molecule has 4 aromatic rings. The van der Waals surface area contributed by atoms with E-state index in [-0.39, 0.29) is 61.1 Å². The lowest BCUT2D eigenvalue weighted by molar-refractivity contribution is -0.131. The summed E-state index contributed by atoms with van der Waals surface area (Å²) in [5.41, 5.74) is 0. The third-order valence-electron chi connectivity index (χ3n) is 4.62. The Morgan fingerprint density at radius 2 is 1.18 bits per heavy atom. The van der Waals surface area contributed by atoms with Crippen molar-refractivity contribution in [2.45, 2.75) is 6.92 Å². The van der Waals surface area contributed by atoms with Crippen LogP contribution in [0, 0.1) is 0 Å². The highest BCUT2D eigenvalue weighted by Gasteiger charge is 2.27. The molecule has 0 spiro atoms. The Morgan fingerprint density at radius 1 is 0.676 bits per heavy atom. The van der Waals surface area contributed by atoms with Crippen molar-refractivity contribution in [3.63, 3.8) is 0 Å². The van der Waals surface area contributed by atoms with Crippen LogP contribution in [-0.4, -0.2) is 21.3 Å². The second-order valence-electron chi connectivity index (χ2n) is 7.05. The number of ether oxygens (including phenoxy) is 3. The van der Waals surface area contributed by atoms with E-state index >= 15 is 0 Å². The van der Waals surface area contributed by atoms with E-state index in [1.807, 2.05) is 0 Å². The lowest BCUT2D eigenvalue weighted by Gasteiger charge is -2.20. The van der Waals surface area contributed by atoms with Crippen LogP contribution in [0.4, 0.5) is 0 Å². The molecule has 0 aliphatic carbocycles. The number of hydrogen-bond acceptors (Lipinski definition) is 7. The minimum Gasteiger partial charge on any atom is -0.504 e. The molecule has 0 amide bonds. The topological polar surface area (TPSA) is 105 Å². The van der Waals surface area contributed by atoms with Gasteiger partial charge in [-0.05, 0) is 42.5 Å². The molecule has 7 nitrogen and oxygen atoms in total. The molecule has 0 saturated carbocycles. The zero-order valence-electron chi connectivity index (χ0n) is 17.3. The molecule has 0 heterocycles. The van der Waals surface area contributed by atoms with Crippen LogP contribution < -0.4 is 14.2 Å². The molecule has 0 aromatic heterocycles. The third kappa shape index (κ3) is 4.72. The van der Waals surface area contributed by atoms with E-state index in [2.05, 4.69) is 0 Å². The van der Waals surface area contributed by atoms with Gasteiger partial charge in [-0.3, -0.25) is 4.79 Å². The molecule has 0 unspecified atom stereocenters. The molecular weight excluding hydrogens is 507 g/mol. The summed E-state index contributed by atoms with van der Waals surface area (Å²) < 4.78 is 17.1. The number of carbonyl (C=O) groups excluding carboxylic acids is 1. The molecule has 0 atom stereocenters. The molecule has 3 N–H and O–H groups in total. The highest BCUT2D eigenvalue weighted by Crippen LogP contribution is 2.55. The highest BCUT2D eigenvalue weighted by molar-refractivity contribution is 6.32. The average Bonchev–Trinajstić information content (AvgIpc) is 2.76. The Morgan fingerprint density at radius 3 is 1.71 bits per heavy atom. The fourth-order valence-electron chi connectivity index (χ4n) is 3.17. The lowest BCUT2D eigenvalue weighted by Crippen LogP contribution is -2.05. The number of rotatable bonds is 5. The molecule has 34 heavy (non-hydrogen) atoms. The number of halogens is 3. The van der Waals surface area contributed by atoms with Gasteiger partial charge in [-0.25, -0.2) is 0 Å². The largest absolute Gasteiger partial charge is 0.504 e. The van der Waals surface area contributed by atoms with Crippen LogP contribution in [0.1, 0.15) is 6.92 Å². The molecule has 0 aliphatic rings. The molecule has 174 valence electrons. The van der Waals surface area contributed by atoms with Gasteiger partial charge in [0.2, 0.25) is 11.5 Å². The van der Waals surface area contributed by atoms with Crippen LogP contribution in [-0.2, 0) is 4.79 Å². The van der Waals surface area contributed by atoms with Gasteiger partial charge in [-0.2, -0.15) is 0 Å². The van der Waals surface area contributed by atoms with E-state index < -0.39 is 11.7 Å². The van der Waals surface area contributed by atoms with Crippen LogP contribution in [0.5, 0.6) is 46.0 Å². The maximum Gasteiger partial charge on any atom is 0.308 e. The van der Waals surface area contributed by atoms with Crippen molar-refractivity contribution in [1.82, 2.24) is 0 Å². The van der Waals surface area contributed by atoms with Gasteiger partial charge in [-0.1, -0.05) is 34.8 Å². The van der Waals surface area contributed by atoms with Crippen molar-refractivity contribution in [3.8, 4) is 46.0 Å². The molecule has 4 rings (SSSR count). The molecule has 0 fully saturated rings.